The van der Waals surface area contributed by atoms with Crippen LogP contribution in [0.1, 0.15) is 35.9 Å². The fraction of sp³-hybridized carbons (Fsp3) is 0.357. The number of ketones is 1. The van der Waals surface area contributed by atoms with Crippen LogP contribution < -0.4 is 4.90 Å². The van der Waals surface area contributed by atoms with Crippen LogP contribution >= 0.6 is 11.3 Å². The van der Waals surface area contributed by atoms with E-state index in [1.165, 1.54) is 25.3 Å². The van der Waals surface area contributed by atoms with E-state index in [4.69, 9.17) is 4.42 Å². The van der Waals surface area contributed by atoms with Crippen molar-refractivity contribution in [3.05, 3.63) is 40.3 Å². The van der Waals surface area contributed by atoms with Gasteiger partial charge in [0.2, 0.25) is 0 Å². The van der Waals surface area contributed by atoms with E-state index in [0.29, 0.717) is 11.8 Å². The van der Waals surface area contributed by atoms with Gasteiger partial charge in [0.1, 0.15) is 0 Å². The Morgan fingerprint density at radius 1 is 1.44 bits per heavy atom. The van der Waals surface area contributed by atoms with Crippen LogP contribution in [-0.2, 0) is 6.54 Å². The fourth-order valence-electron chi connectivity index (χ4n) is 2.02. The molecule has 1 aliphatic carbocycles. The number of Topliss-reactive ketones (excluding diaryl/α,β-unsaturated/α-hetero) is 1. The molecule has 3 nitrogen and oxygen atoms in total. The molecule has 1 fully saturated rings. The first kappa shape index (κ1) is 11.5. The SMILES string of the molecule is CC(=O)c1ccc(N(Cc2ccsc2)C2CC2)o1. The number of rotatable bonds is 5. The van der Waals surface area contributed by atoms with Crippen LogP contribution in [0, 0.1) is 0 Å². The largest absolute Gasteiger partial charge is 0.437 e. The van der Waals surface area contributed by atoms with Gasteiger partial charge in [-0.1, -0.05) is 0 Å². The second-order valence-corrected chi connectivity index (χ2v) is 5.46. The van der Waals surface area contributed by atoms with Crippen LogP contribution in [0.3, 0.4) is 0 Å². The number of thiophene rings is 1. The van der Waals surface area contributed by atoms with Crippen LogP contribution in [0.2, 0.25) is 0 Å². The number of hydrogen-bond donors (Lipinski definition) is 0. The van der Waals surface area contributed by atoms with Crippen molar-refractivity contribution in [2.24, 2.45) is 0 Å². The lowest BCUT2D eigenvalue weighted by molar-refractivity contribution is 0.0987. The maximum absolute atomic E-state index is 11.3. The van der Waals surface area contributed by atoms with Crippen molar-refractivity contribution >= 4 is 23.0 Å². The molecule has 1 saturated carbocycles. The Kier molecular flexibility index (Phi) is 2.96. The number of carbonyl (C=O) groups is 1. The van der Waals surface area contributed by atoms with Crippen molar-refractivity contribution in [2.75, 3.05) is 4.90 Å². The minimum Gasteiger partial charge on any atom is -0.437 e. The van der Waals surface area contributed by atoms with Crippen LogP contribution in [-0.4, -0.2) is 11.8 Å². The van der Waals surface area contributed by atoms with Gasteiger partial charge in [-0.05, 0) is 41.3 Å². The molecule has 0 aromatic carbocycles. The molecule has 0 N–H and O–H groups in total. The Labute approximate surface area is 110 Å². The van der Waals surface area contributed by atoms with Crippen LogP contribution in [0.5, 0.6) is 0 Å². The Hall–Kier alpha value is -1.55. The first-order valence-electron chi connectivity index (χ1n) is 6.12. The van der Waals surface area contributed by atoms with E-state index in [1.807, 2.05) is 6.07 Å². The van der Waals surface area contributed by atoms with Gasteiger partial charge in [0.05, 0.1) is 0 Å². The van der Waals surface area contributed by atoms with Gasteiger partial charge in [-0.2, -0.15) is 11.3 Å². The van der Waals surface area contributed by atoms with E-state index < -0.39 is 0 Å². The zero-order valence-electron chi connectivity index (χ0n) is 10.3. The third-order valence-corrected chi connectivity index (χ3v) is 3.87. The summed E-state index contributed by atoms with van der Waals surface area (Å²) in [6.07, 6.45) is 2.42. The average Bonchev–Trinajstić information content (AvgIpc) is 2.88. The van der Waals surface area contributed by atoms with Gasteiger partial charge < -0.3 is 9.32 Å². The lowest BCUT2D eigenvalue weighted by atomic mass is 10.3. The van der Waals surface area contributed by atoms with Crippen molar-refractivity contribution in [3.8, 4) is 0 Å². The molecule has 0 radical (unpaired) electrons. The maximum atomic E-state index is 11.3. The monoisotopic (exact) mass is 261 g/mol. The van der Waals surface area contributed by atoms with E-state index in [1.54, 1.807) is 17.4 Å². The summed E-state index contributed by atoms with van der Waals surface area (Å²) in [7, 11) is 0. The molecule has 2 heterocycles. The third kappa shape index (κ3) is 2.34. The highest BCUT2D eigenvalue weighted by atomic mass is 32.1. The predicted octanol–water partition coefficient (Wildman–Crippen LogP) is 3.71. The van der Waals surface area contributed by atoms with Crippen LogP contribution in [0.15, 0.2) is 33.4 Å². The van der Waals surface area contributed by atoms with E-state index in [0.717, 1.165) is 12.4 Å². The molecular formula is C14H15NO2S. The molecule has 0 amide bonds. The molecule has 0 unspecified atom stereocenters. The molecule has 0 saturated heterocycles. The second-order valence-electron chi connectivity index (χ2n) is 4.68. The number of nitrogens with zero attached hydrogens (tertiary/aromatic N) is 1. The summed E-state index contributed by atoms with van der Waals surface area (Å²) in [6.45, 7) is 2.39. The maximum Gasteiger partial charge on any atom is 0.196 e. The highest BCUT2D eigenvalue weighted by Crippen LogP contribution is 2.34. The topological polar surface area (TPSA) is 33.5 Å². The van der Waals surface area contributed by atoms with Crippen molar-refractivity contribution in [3.63, 3.8) is 0 Å². The molecule has 0 bridgehead atoms. The molecule has 2 aromatic heterocycles. The molecule has 1 aliphatic rings. The quantitative estimate of drug-likeness (QED) is 0.769. The predicted molar refractivity (Wildman–Crippen MR) is 72.2 cm³/mol. The highest BCUT2D eigenvalue weighted by molar-refractivity contribution is 7.07. The van der Waals surface area contributed by atoms with Gasteiger partial charge >= 0.3 is 0 Å². The van der Waals surface area contributed by atoms with Gasteiger partial charge in [0, 0.05) is 25.6 Å². The molecule has 94 valence electrons. The van der Waals surface area contributed by atoms with Gasteiger partial charge in [-0.3, -0.25) is 4.79 Å². The van der Waals surface area contributed by atoms with E-state index in [9.17, 15) is 4.79 Å². The molecule has 18 heavy (non-hydrogen) atoms. The highest BCUT2D eigenvalue weighted by Gasteiger charge is 2.31. The fourth-order valence-corrected chi connectivity index (χ4v) is 2.68. The zero-order valence-corrected chi connectivity index (χ0v) is 11.1. The summed E-state index contributed by atoms with van der Waals surface area (Å²) in [5, 5.41) is 4.24. The third-order valence-electron chi connectivity index (χ3n) is 3.14. The lowest BCUT2D eigenvalue weighted by Crippen LogP contribution is -2.24. The van der Waals surface area contributed by atoms with E-state index >= 15 is 0 Å². The van der Waals surface area contributed by atoms with Gasteiger partial charge in [0.25, 0.3) is 0 Å². The Bertz CT molecular complexity index is 540. The molecule has 0 atom stereocenters. The first-order valence-corrected chi connectivity index (χ1v) is 7.07. The lowest BCUT2D eigenvalue weighted by Gasteiger charge is -2.20. The summed E-state index contributed by atoms with van der Waals surface area (Å²) in [6, 6.07) is 6.37. The van der Waals surface area contributed by atoms with Gasteiger partial charge in [-0.25, -0.2) is 0 Å². The summed E-state index contributed by atoms with van der Waals surface area (Å²) in [4.78, 5) is 13.5. The van der Waals surface area contributed by atoms with Crippen LogP contribution in [0.25, 0.3) is 0 Å². The van der Waals surface area contributed by atoms with Gasteiger partial charge in [-0.15, -0.1) is 0 Å². The number of anilines is 1. The Morgan fingerprint density at radius 2 is 2.28 bits per heavy atom. The molecule has 2 aromatic rings. The number of carbonyl (C=O) groups excluding carboxylic acids is 1. The summed E-state index contributed by atoms with van der Waals surface area (Å²) in [5.74, 6) is 1.24. The van der Waals surface area contributed by atoms with Crippen molar-refractivity contribution in [1.82, 2.24) is 0 Å². The normalized spacial score (nSPS) is 14.7. The van der Waals surface area contributed by atoms with E-state index in [-0.39, 0.29) is 5.78 Å². The molecule has 3 rings (SSSR count). The van der Waals surface area contributed by atoms with Crippen molar-refractivity contribution in [1.29, 1.82) is 0 Å². The minimum absolute atomic E-state index is 0.0208. The summed E-state index contributed by atoms with van der Waals surface area (Å²) < 4.78 is 5.64. The number of furan rings is 1. The summed E-state index contributed by atoms with van der Waals surface area (Å²) >= 11 is 1.71. The minimum atomic E-state index is -0.0208. The first-order chi connectivity index (χ1) is 8.74. The summed E-state index contributed by atoms with van der Waals surface area (Å²) in [5.41, 5.74) is 1.30. The number of hydrogen-bond acceptors (Lipinski definition) is 4. The van der Waals surface area contributed by atoms with Gasteiger partial charge in [0.15, 0.2) is 17.4 Å². The standard InChI is InChI=1S/C14H15NO2S/c1-10(16)13-4-5-14(17-13)15(12-2-3-12)8-11-6-7-18-9-11/h4-7,9,12H,2-3,8H2,1H3. The zero-order chi connectivity index (χ0) is 12.5. The smallest absolute Gasteiger partial charge is 0.196 e. The average molecular weight is 261 g/mol. The Balaban J connectivity index is 1.82. The molecule has 0 aliphatic heterocycles. The molecular weight excluding hydrogens is 246 g/mol. The van der Waals surface area contributed by atoms with Crippen molar-refractivity contribution < 1.29 is 9.21 Å². The second kappa shape index (κ2) is 4.61. The molecule has 4 heteroatoms. The van der Waals surface area contributed by atoms with Crippen LogP contribution in [0.4, 0.5) is 5.88 Å². The van der Waals surface area contributed by atoms with E-state index in [2.05, 4.69) is 21.7 Å². The molecule has 0 spiro atoms. The van der Waals surface area contributed by atoms with Crippen molar-refractivity contribution in [2.45, 2.75) is 32.4 Å². The Morgan fingerprint density at radius 3 is 2.83 bits per heavy atom.